The van der Waals surface area contributed by atoms with Crippen molar-refractivity contribution in [2.75, 3.05) is 25.1 Å². The molecule has 0 fully saturated rings. The molecule has 1 atom stereocenters. The van der Waals surface area contributed by atoms with Gasteiger partial charge in [0.25, 0.3) is 0 Å². The Morgan fingerprint density at radius 1 is 1.37 bits per heavy atom. The van der Waals surface area contributed by atoms with Crippen LogP contribution in [0.25, 0.3) is 0 Å². The fourth-order valence-electron chi connectivity index (χ4n) is 1.88. The van der Waals surface area contributed by atoms with Crippen LogP contribution in [0.4, 0.5) is 5.69 Å². The minimum atomic E-state index is -1.02. The Morgan fingerprint density at radius 3 is 2.63 bits per heavy atom. The number of anilines is 1. The maximum atomic E-state index is 10.5. The highest BCUT2D eigenvalue weighted by molar-refractivity contribution is 5.67. The number of fused-ring (bicyclic) bond motifs is 1. The van der Waals surface area contributed by atoms with Gasteiger partial charge < -0.3 is 25.0 Å². The third-order valence-corrected chi connectivity index (χ3v) is 2.83. The van der Waals surface area contributed by atoms with Crippen molar-refractivity contribution >= 4 is 11.7 Å². The smallest absolute Gasteiger partial charge is 0.306 e. The number of aliphatic hydroxyl groups is 1. The van der Waals surface area contributed by atoms with Crippen LogP contribution < -0.4 is 14.8 Å². The maximum absolute atomic E-state index is 10.5. The molecule has 1 aliphatic heterocycles. The van der Waals surface area contributed by atoms with Crippen LogP contribution in [-0.4, -0.2) is 42.0 Å². The molecule has 1 aromatic rings. The fraction of sp³-hybridized carbons (Fsp3) is 0.462. The van der Waals surface area contributed by atoms with E-state index < -0.39 is 12.1 Å². The molecule has 19 heavy (non-hydrogen) atoms. The summed E-state index contributed by atoms with van der Waals surface area (Å²) in [5.41, 5.74) is 1.75. The molecule has 0 saturated carbocycles. The van der Waals surface area contributed by atoms with E-state index in [-0.39, 0.29) is 13.0 Å². The van der Waals surface area contributed by atoms with Crippen molar-refractivity contribution in [2.45, 2.75) is 19.4 Å². The number of aliphatic carboxylic acids is 1. The Labute approximate surface area is 111 Å². The first kappa shape index (κ1) is 13.5. The van der Waals surface area contributed by atoms with E-state index in [2.05, 4.69) is 5.32 Å². The predicted octanol–water partition coefficient (Wildman–Crippen LogP) is 1.01. The van der Waals surface area contributed by atoms with Gasteiger partial charge in [-0.15, -0.1) is 0 Å². The lowest BCUT2D eigenvalue weighted by Crippen LogP contribution is -2.23. The quantitative estimate of drug-likeness (QED) is 0.738. The summed E-state index contributed by atoms with van der Waals surface area (Å²) < 4.78 is 10.9. The largest absolute Gasteiger partial charge is 0.486 e. The van der Waals surface area contributed by atoms with Gasteiger partial charge in [-0.1, -0.05) is 0 Å². The molecule has 3 N–H and O–H groups in total. The maximum Gasteiger partial charge on any atom is 0.306 e. The number of carbonyl (C=O) groups is 1. The third kappa shape index (κ3) is 3.51. The summed E-state index contributed by atoms with van der Waals surface area (Å²) in [5, 5.41) is 21.1. The number of carboxylic acid groups (broad SMARTS) is 1. The second-order valence-corrected chi connectivity index (χ2v) is 4.44. The van der Waals surface area contributed by atoms with Gasteiger partial charge in [-0.05, 0) is 18.6 Å². The van der Waals surface area contributed by atoms with Crippen molar-refractivity contribution in [1.29, 1.82) is 0 Å². The number of rotatable bonds is 5. The summed E-state index contributed by atoms with van der Waals surface area (Å²) in [4.78, 5) is 10.5. The van der Waals surface area contributed by atoms with E-state index in [1.54, 1.807) is 6.07 Å². The van der Waals surface area contributed by atoms with Crippen molar-refractivity contribution in [3.05, 3.63) is 17.7 Å². The third-order valence-electron chi connectivity index (χ3n) is 2.83. The minimum Gasteiger partial charge on any atom is -0.486 e. The molecule has 1 aliphatic rings. The molecule has 1 aromatic carbocycles. The van der Waals surface area contributed by atoms with Gasteiger partial charge in [0, 0.05) is 18.3 Å². The molecule has 1 unspecified atom stereocenters. The normalized spacial score (nSPS) is 14.8. The molecule has 104 valence electrons. The summed E-state index contributed by atoms with van der Waals surface area (Å²) in [6.07, 6.45) is -1.21. The van der Waals surface area contributed by atoms with E-state index in [4.69, 9.17) is 14.6 Å². The molecule has 6 heteroatoms. The summed E-state index contributed by atoms with van der Waals surface area (Å²) in [7, 11) is 0. The van der Waals surface area contributed by atoms with E-state index >= 15 is 0 Å². The lowest BCUT2D eigenvalue weighted by molar-refractivity contribution is -0.138. The number of ether oxygens (including phenoxy) is 2. The molecular formula is C13H17NO5. The molecule has 1 heterocycles. The molecular weight excluding hydrogens is 250 g/mol. The second kappa shape index (κ2) is 5.79. The van der Waals surface area contributed by atoms with Crippen molar-refractivity contribution in [3.8, 4) is 11.5 Å². The number of nitrogens with one attached hydrogen (secondary N) is 1. The average molecular weight is 267 g/mol. The van der Waals surface area contributed by atoms with Crippen molar-refractivity contribution in [1.82, 2.24) is 0 Å². The molecule has 0 aromatic heterocycles. The van der Waals surface area contributed by atoms with E-state index in [0.29, 0.717) is 24.7 Å². The van der Waals surface area contributed by atoms with Crippen LogP contribution in [-0.2, 0) is 4.79 Å². The van der Waals surface area contributed by atoms with Gasteiger partial charge in [0.2, 0.25) is 0 Å². The number of aliphatic hydroxyl groups excluding tert-OH is 1. The standard InChI is InChI=1S/C13H17NO5/c1-8-4-11-12(19-3-2-18-11)6-10(8)14-7-9(15)5-13(16)17/h4,6,9,14-15H,2-3,5,7H2,1H3,(H,16,17). The first-order valence-electron chi connectivity index (χ1n) is 6.10. The SMILES string of the molecule is Cc1cc2c(cc1NCC(O)CC(=O)O)OCCO2. The van der Waals surface area contributed by atoms with Gasteiger partial charge in [-0.25, -0.2) is 0 Å². The van der Waals surface area contributed by atoms with E-state index in [1.165, 1.54) is 0 Å². The summed E-state index contributed by atoms with van der Waals surface area (Å²) in [6, 6.07) is 3.66. The summed E-state index contributed by atoms with van der Waals surface area (Å²) in [5.74, 6) is 0.348. The van der Waals surface area contributed by atoms with Crippen molar-refractivity contribution in [2.24, 2.45) is 0 Å². The minimum absolute atomic E-state index is 0.173. The van der Waals surface area contributed by atoms with Crippen LogP contribution in [0.5, 0.6) is 11.5 Å². The van der Waals surface area contributed by atoms with Crippen LogP contribution in [0, 0.1) is 6.92 Å². The summed E-state index contributed by atoms with van der Waals surface area (Å²) >= 11 is 0. The molecule has 0 aliphatic carbocycles. The van der Waals surface area contributed by atoms with Crippen LogP contribution in [0.2, 0.25) is 0 Å². The number of hydrogen-bond acceptors (Lipinski definition) is 5. The zero-order chi connectivity index (χ0) is 13.8. The first-order valence-corrected chi connectivity index (χ1v) is 6.10. The molecule has 2 rings (SSSR count). The molecule has 0 bridgehead atoms. The van der Waals surface area contributed by atoms with Gasteiger partial charge in [-0.3, -0.25) is 4.79 Å². The molecule has 0 spiro atoms. The topological polar surface area (TPSA) is 88.0 Å². The predicted molar refractivity (Wildman–Crippen MR) is 68.9 cm³/mol. The van der Waals surface area contributed by atoms with E-state index in [0.717, 1.165) is 11.3 Å². The lowest BCUT2D eigenvalue weighted by atomic mass is 10.1. The zero-order valence-corrected chi connectivity index (χ0v) is 10.7. The Balaban J connectivity index is 2.02. The van der Waals surface area contributed by atoms with Crippen LogP contribution in [0.1, 0.15) is 12.0 Å². The van der Waals surface area contributed by atoms with Crippen molar-refractivity contribution < 1.29 is 24.5 Å². The number of aryl methyl sites for hydroxylation is 1. The highest BCUT2D eigenvalue weighted by Gasteiger charge is 2.15. The Morgan fingerprint density at radius 2 is 2.00 bits per heavy atom. The molecule has 6 nitrogen and oxygen atoms in total. The number of benzene rings is 1. The fourth-order valence-corrected chi connectivity index (χ4v) is 1.88. The second-order valence-electron chi connectivity index (χ2n) is 4.44. The Hall–Kier alpha value is -1.95. The lowest BCUT2D eigenvalue weighted by Gasteiger charge is -2.21. The van der Waals surface area contributed by atoms with Gasteiger partial charge >= 0.3 is 5.97 Å². The van der Waals surface area contributed by atoms with Gasteiger partial charge in [0.05, 0.1) is 12.5 Å². The van der Waals surface area contributed by atoms with E-state index in [9.17, 15) is 9.90 Å². The summed E-state index contributed by atoms with van der Waals surface area (Å²) in [6.45, 7) is 3.13. The van der Waals surface area contributed by atoms with Gasteiger partial charge in [0.1, 0.15) is 13.2 Å². The number of hydrogen-bond donors (Lipinski definition) is 3. The molecule has 0 saturated heterocycles. The molecule has 0 amide bonds. The Kier molecular flexibility index (Phi) is 4.11. The average Bonchev–Trinajstić information content (AvgIpc) is 2.35. The van der Waals surface area contributed by atoms with Gasteiger partial charge in [0.15, 0.2) is 11.5 Å². The highest BCUT2D eigenvalue weighted by Crippen LogP contribution is 2.35. The molecule has 0 radical (unpaired) electrons. The highest BCUT2D eigenvalue weighted by atomic mass is 16.6. The van der Waals surface area contributed by atoms with E-state index in [1.807, 2.05) is 13.0 Å². The van der Waals surface area contributed by atoms with Crippen LogP contribution in [0.15, 0.2) is 12.1 Å². The van der Waals surface area contributed by atoms with Crippen molar-refractivity contribution in [3.63, 3.8) is 0 Å². The van der Waals surface area contributed by atoms with Crippen LogP contribution >= 0.6 is 0 Å². The number of carboxylic acids is 1. The Bertz CT molecular complexity index is 474. The van der Waals surface area contributed by atoms with Crippen LogP contribution in [0.3, 0.4) is 0 Å². The zero-order valence-electron chi connectivity index (χ0n) is 10.7. The first-order chi connectivity index (χ1) is 9.06. The van der Waals surface area contributed by atoms with Gasteiger partial charge in [-0.2, -0.15) is 0 Å². The monoisotopic (exact) mass is 267 g/mol.